The molecule has 0 aliphatic carbocycles. The molecule has 0 saturated heterocycles. The Morgan fingerprint density at radius 2 is 2.08 bits per heavy atom. The lowest BCUT2D eigenvalue weighted by Crippen LogP contribution is -2.27. The Morgan fingerprint density at radius 1 is 1.42 bits per heavy atom. The molecule has 70 valence electrons. The van der Waals surface area contributed by atoms with Crippen molar-refractivity contribution in [2.45, 2.75) is 6.42 Å². The number of ether oxygens (including phenoxy) is 1. The van der Waals surface area contributed by atoms with Crippen LogP contribution in [0, 0.1) is 0 Å². The standard InChI is InChI=1S/C6H11NO5/c8-3-4-12-6(11)7-2-1-5(9)10/h8H,1-4H2,(H,7,11)(H,9,10). The lowest BCUT2D eigenvalue weighted by molar-refractivity contribution is -0.136. The zero-order chi connectivity index (χ0) is 9.40. The third kappa shape index (κ3) is 6.81. The van der Waals surface area contributed by atoms with Crippen LogP contribution >= 0.6 is 0 Å². The molecule has 6 nitrogen and oxygen atoms in total. The largest absolute Gasteiger partial charge is 0.481 e. The maximum absolute atomic E-state index is 10.5. The third-order valence-electron chi connectivity index (χ3n) is 0.933. The number of aliphatic carboxylic acids is 1. The van der Waals surface area contributed by atoms with Crippen molar-refractivity contribution in [3.05, 3.63) is 0 Å². The normalized spacial score (nSPS) is 9.08. The number of carbonyl (C=O) groups is 2. The number of rotatable bonds is 5. The molecular formula is C6H11NO5. The van der Waals surface area contributed by atoms with Gasteiger partial charge in [0.2, 0.25) is 0 Å². The van der Waals surface area contributed by atoms with E-state index in [2.05, 4.69) is 10.1 Å². The smallest absolute Gasteiger partial charge is 0.407 e. The van der Waals surface area contributed by atoms with E-state index in [1.54, 1.807) is 0 Å². The maximum atomic E-state index is 10.5. The summed E-state index contributed by atoms with van der Waals surface area (Å²) < 4.78 is 4.38. The number of carboxylic acid groups (broad SMARTS) is 1. The second kappa shape index (κ2) is 6.41. The maximum Gasteiger partial charge on any atom is 0.407 e. The number of nitrogens with one attached hydrogen (secondary N) is 1. The molecule has 0 saturated carbocycles. The summed E-state index contributed by atoms with van der Waals surface area (Å²) in [6.07, 6.45) is -0.862. The van der Waals surface area contributed by atoms with Crippen molar-refractivity contribution in [3.8, 4) is 0 Å². The molecule has 6 heteroatoms. The first-order chi connectivity index (χ1) is 5.66. The first-order valence-corrected chi connectivity index (χ1v) is 3.40. The Kier molecular flexibility index (Phi) is 5.72. The molecule has 0 aromatic heterocycles. The summed E-state index contributed by atoms with van der Waals surface area (Å²) in [6, 6.07) is 0. The van der Waals surface area contributed by atoms with E-state index in [0.717, 1.165) is 0 Å². The highest BCUT2D eigenvalue weighted by Gasteiger charge is 2.01. The summed E-state index contributed by atoms with van der Waals surface area (Å²) in [7, 11) is 0. The molecule has 0 aliphatic rings. The van der Waals surface area contributed by atoms with Crippen LogP contribution in [0.5, 0.6) is 0 Å². The minimum Gasteiger partial charge on any atom is -0.481 e. The predicted octanol–water partition coefficient (Wildman–Crippen LogP) is -0.820. The van der Waals surface area contributed by atoms with Gasteiger partial charge in [0, 0.05) is 6.54 Å². The van der Waals surface area contributed by atoms with Crippen LogP contribution in [0.3, 0.4) is 0 Å². The average molecular weight is 177 g/mol. The van der Waals surface area contributed by atoms with E-state index >= 15 is 0 Å². The number of carboxylic acids is 1. The van der Waals surface area contributed by atoms with Crippen LogP contribution < -0.4 is 5.32 Å². The van der Waals surface area contributed by atoms with Crippen LogP contribution in [0.25, 0.3) is 0 Å². The van der Waals surface area contributed by atoms with Gasteiger partial charge in [-0.3, -0.25) is 4.79 Å². The van der Waals surface area contributed by atoms with E-state index in [1.807, 2.05) is 0 Å². The molecule has 0 radical (unpaired) electrons. The molecule has 0 unspecified atom stereocenters. The van der Waals surface area contributed by atoms with Gasteiger partial charge in [-0.15, -0.1) is 0 Å². The quantitative estimate of drug-likeness (QED) is 0.510. The van der Waals surface area contributed by atoms with Gasteiger partial charge in [0.15, 0.2) is 0 Å². The topological polar surface area (TPSA) is 95.9 Å². The Hall–Kier alpha value is -1.30. The fourth-order valence-electron chi connectivity index (χ4n) is 0.461. The molecule has 0 spiro atoms. The first-order valence-electron chi connectivity index (χ1n) is 3.40. The number of alkyl carbamates (subject to hydrolysis) is 1. The SMILES string of the molecule is O=C(O)CCNC(=O)OCCO. The lowest BCUT2D eigenvalue weighted by Gasteiger charge is -2.03. The summed E-state index contributed by atoms with van der Waals surface area (Å²) in [5, 5.41) is 18.6. The molecule has 12 heavy (non-hydrogen) atoms. The first kappa shape index (κ1) is 10.7. The van der Waals surface area contributed by atoms with E-state index in [0.29, 0.717) is 0 Å². The van der Waals surface area contributed by atoms with Gasteiger partial charge in [0.25, 0.3) is 0 Å². The number of aliphatic hydroxyl groups is 1. The fraction of sp³-hybridized carbons (Fsp3) is 0.667. The molecule has 0 fully saturated rings. The van der Waals surface area contributed by atoms with Crippen molar-refractivity contribution in [2.75, 3.05) is 19.8 Å². The van der Waals surface area contributed by atoms with Gasteiger partial charge in [-0.2, -0.15) is 0 Å². The molecule has 0 rings (SSSR count). The van der Waals surface area contributed by atoms with Crippen molar-refractivity contribution in [2.24, 2.45) is 0 Å². The molecule has 0 heterocycles. The predicted molar refractivity (Wildman–Crippen MR) is 38.7 cm³/mol. The number of carbonyl (C=O) groups excluding carboxylic acids is 1. The zero-order valence-electron chi connectivity index (χ0n) is 6.45. The summed E-state index contributed by atoms with van der Waals surface area (Å²) in [5.41, 5.74) is 0. The van der Waals surface area contributed by atoms with E-state index < -0.39 is 12.1 Å². The van der Waals surface area contributed by atoms with Crippen molar-refractivity contribution in [1.29, 1.82) is 0 Å². The van der Waals surface area contributed by atoms with Gasteiger partial charge in [-0.05, 0) is 0 Å². The van der Waals surface area contributed by atoms with Gasteiger partial charge in [-0.1, -0.05) is 0 Å². The highest BCUT2D eigenvalue weighted by Crippen LogP contribution is 1.79. The highest BCUT2D eigenvalue weighted by atomic mass is 16.6. The Balaban J connectivity index is 3.25. The van der Waals surface area contributed by atoms with Gasteiger partial charge >= 0.3 is 12.1 Å². The van der Waals surface area contributed by atoms with Gasteiger partial charge in [0.05, 0.1) is 13.0 Å². The van der Waals surface area contributed by atoms with Crippen LogP contribution in [0.4, 0.5) is 4.79 Å². The molecule has 0 bridgehead atoms. The highest BCUT2D eigenvalue weighted by molar-refractivity contribution is 5.70. The summed E-state index contributed by atoms with van der Waals surface area (Å²) in [5.74, 6) is -0.988. The van der Waals surface area contributed by atoms with E-state index in [-0.39, 0.29) is 26.2 Å². The van der Waals surface area contributed by atoms with Crippen LogP contribution in [-0.4, -0.2) is 42.0 Å². The van der Waals surface area contributed by atoms with Gasteiger partial charge in [-0.25, -0.2) is 4.79 Å². The van der Waals surface area contributed by atoms with Gasteiger partial charge in [0.1, 0.15) is 6.61 Å². The summed E-state index contributed by atoms with van der Waals surface area (Å²) in [6.45, 7) is -0.301. The molecule has 0 atom stereocenters. The molecule has 3 N–H and O–H groups in total. The van der Waals surface area contributed by atoms with Crippen molar-refractivity contribution >= 4 is 12.1 Å². The van der Waals surface area contributed by atoms with Crippen LogP contribution in [0.2, 0.25) is 0 Å². The lowest BCUT2D eigenvalue weighted by atomic mass is 10.4. The monoisotopic (exact) mass is 177 g/mol. The van der Waals surface area contributed by atoms with Crippen LogP contribution in [-0.2, 0) is 9.53 Å². The zero-order valence-corrected chi connectivity index (χ0v) is 6.45. The fourth-order valence-corrected chi connectivity index (χ4v) is 0.461. The number of aliphatic hydroxyl groups excluding tert-OH is 1. The van der Waals surface area contributed by atoms with Crippen molar-refractivity contribution in [3.63, 3.8) is 0 Å². The summed E-state index contributed by atoms with van der Waals surface area (Å²) >= 11 is 0. The summed E-state index contributed by atoms with van der Waals surface area (Å²) in [4.78, 5) is 20.5. The van der Waals surface area contributed by atoms with E-state index in [4.69, 9.17) is 10.2 Å². The Bertz CT molecular complexity index is 158. The van der Waals surface area contributed by atoms with Gasteiger partial charge < -0.3 is 20.3 Å². The molecule has 0 aliphatic heterocycles. The van der Waals surface area contributed by atoms with E-state index in [9.17, 15) is 9.59 Å². The van der Waals surface area contributed by atoms with Crippen molar-refractivity contribution in [1.82, 2.24) is 5.32 Å². The second-order valence-electron chi connectivity index (χ2n) is 1.93. The average Bonchev–Trinajstić information content (AvgIpc) is 2.00. The molecule has 0 aromatic carbocycles. The second-order valence-corrected chi connectivity index (χ2v) is 1.93. The number of amides is 1. The minimum atomic E-state index is -0.988. The molecule has 0 aromatic rings. The number of hydrogen-bond donors (Lipinski definition) is 3. The van der Waals surface area contributed by atoms with Crippen molar-refractivity contribution < 1.29 is 24.5 Å². The third-order valence-corrected chi connectivity index (χ3v) is 0.933. The van der Waals surface area contributed by atoms with Crippen LogP contribution in [0.1, 0.15) is 6.42 Å². The minimum absolute atomic E-state index is 0.0274. The Morgan fingerprint density at radius 3 is 2.58 bits per heavy atom. The molecule has 1 amide bonds. The number of hydrogen-bond acceptors (Lipinski definition) is 4. The molecular weight excluding hydrogens is 166 g/mol. The Labute approximate surface area is 69.1 Å². The van der Waals surface area contributed by atoms with E-state index in [1.165, 1.54) is 0 Å². The van der Waals surface area contributed by atoms with Crippen LogP contribution in [0.15, 0.2) is 0 Å².